The van der Waals surface area contributed by atoms with E-state index in [0.717, 1.165) is 17.5 Å². The van der Waals surface area contributed by atoms with E-state index in [1.54, 1.807) is 19.1 Å². The SMILES string of the molecule is Cc1noc(C)c1COc1ccc(C(=O)OCC(=O)Nc2ccc(S(C)(=O)=O)cc2)cc1. The van der Waals surface area contributed by atoms with Gasteiger partial charge in [0.2, 0.25) is 0 Å². The molecule has 1 aromatic heterocycles. The molecule has 0 bridgehead atoms. The number of nitrogens with one attached hydrogen (secondary N) is 1. The minimum Gasteiger partial charge on any atom is -0.489 e. The van der Waals surface area contributed by atoms with E-state index in [0.29, 0.717) is 17.2 Å². The minimum atomic E-state index is -3.32. The van der Waals surface area contributed by atoms with Gasteiger partial charge >= 0.3 is 5.97 Å². The van der Waals surface area contributed by atoms with E-state index < -0.39 is 28.3 Å². The summed E-state index contributed by atoms with van der Waals surface area (Å²) in [6.45, 7) is 3.43. The smallest absolute Gasteiger partial charge is 0.338 e. The molecule has 1 N–H and O–H groups in total. The van der Waals surface area contributed by atoms with Gasteiger partial charge in [-0.1, -0.05) is 5.16 Å². The zero-order valence-corrected chi connectivity index (χ0v) is 18.6. The van der Waals surface area contributed by atoms with Crippen LogP contribution in [0.3, 0.4) is 0 Å². The summed E-state index contributed by atoms with van der Waals surface area (Å²) in [6, 6.07) is 12.0. The number of amides is 1. The van der Waals surface area contributed by atoms with Crippen LogP contribution in [0.25, 0.3) is 0 Å². The maximum Gasteiger partial charge on any atom is 0.338 e. The number of carbonyl (C=O) groups excluding carboxylic acids is 2. The summed E-state index contributed by atoms with van der Waals surface area (Å²) in [5.41, 5.74) is 2.27. The molecule has 32 heavy (non-hydrogen) atoms. The third-order valence-corrected chi connectivity index (χ3v) is 5.68. The molecule has 2 aromatic carbocycles. The topological polar surface area (TPSA) is 125 Å². The summed E-state index contributed by atoms with van der Waals surface area (Å²) in [5.74, 6) is 0.0267. The Labute approximate surface area is 185 Å². The molecule has 0 radical (unpaired) electrons. The third-order valence-electron chi connectivity index (χ3n) is 4.55. The van der Waals surface area contributed by atoms with Crippen molar-refractivity contribution in [1.29, 1.82) is 0 Å². The Bertz CT molecular complexity index is 1190. The number of nitrogens with zero attached hydrogens (tertiary/aromatic N) is 1. The molecule has 9 nitrogen and oxygen atoms in total. The van der Waals surface area contributed by atoms with Crippen molar-refractivity contribution in [2.24, 2.45) is 0 Å². The number of esters is 1. The van der Waals surface area contributed by atoms with E-state index in [4.69, 9.17) is 14.0 Å². The Morgan fingerprint density at radius 3 is 2.25 bits per heavy atom. The van der Waals surface area contributed by atoms with Crippen molar-refractivity contribution in [3.63, 3.8) is 0 Å². The number of hydrogen-bond acceptors (Lipinski definition) is 8. The molecule has 0 aliphatic carbocycles. The van der Waals surface area contributed by atoms with Crippen LogP contribution in [0.2, 0.25) is 0 Å². The molecule has 0 saturated carbocycles. The molecule has 10 heteroatoms. The van der Waals surface area contributed by atoms with Gasteiger partial charge < -0.3 is 19.3 Å². The van der Waals surface area contributed by atoms with Crippen molar-refractivity contribution in [3.8, 4) is 5.75 Å². The molecule has 0 fully saturated rings. The fourth-order valence-corrected chi connectivity index (χ4v) is 3.38. The van der Waals surface area contributed by atoms with Crippen LogP contribution >= 0.6 is 0 Å². The number of sulfone groups is 1. The highest BCUT2D eigenvalue weighted by atomic mass is 32.2. The predicted molar refractivity (Wildman–Crippen MR) is 115 cm³/mol. The van der Waals surface area contributed by atoms with Crippen molar-refractivity contribution in [2.45, 2.75) is 25.3 Å². The summed E-state index contributed by atoms with van der Waals surface area (Å²) < 4.78 is 38.7. The number of anilines is 1. The molecule has 0 aliphatic heterocycles. The van der Waals surface area contributed by atoms with Crippen molar-refractivity contribution in [2.75, 3.05) is 18.2 Å². The molecular weight excluding hydrogens is 436 g/mol. The molecule has 0 saturated heterocycles. The molecule has 0 unspecified atom stereocenters. The van der Waals surface area contributed by atoms with Gasteiger partial charge in [0.05, 0.1) is 21.7 Å². The Morgan fingerprint density at radius 2 is 1.69 bits per heavy atom. The van der Waals surface area contributed by atoms with Crippen LogP contribution in [0.4, 0.5) is 5.69 Å². The van der Waals surface area contributed by atoms with E-state index in [1.165, 1.54) is 36.4 Å². The second-order valence-corrected chi connectivity index (χ2v) is 9.05. The van der Waals surface area contributed by atoms with Crippen molar-refractivity contribution in [3.05, 3.63) is 71.1 Å². The third kappa shape index (κ3) is 5.94. The Balaban J connectivity index is 1.48. The van der Waals surface area contributed by atoms with Gasteiger partial charge in [-0.15, -0.1) is 0 Å². The van der Waals surface area contributed by atoms with Crippen LogP contribution in [0, 0.1) is 13.8 Å². The highest BCUT2D eigenvalue weighted by Crippen LogP contribution is 2.18. The second-order valence-electron chi connectivity index (χ2n) is 7.04. The molecule has 0 spiro atoms. The molecule has 1 amide bonds. The first-order valence-electron chi connectivity index (χ1n) is 9.55. The number of aromatic nitrogens is 1. The number of aryl methyl sites for hydroxylation is 2. The predicted octanol–water partition coefficient (Wildman–Crippen LogP) is 3.07. The summed E-state index contributed by atoms with van der Waals surface area (Å²) in [6.07, 6.45) is 1.09. The average molecular weight is 458 g/mol. The zero-order valence-electron chi connectivity index (χ0n) is 17.7. The van der Waals surface area contributed by atoms with Crippen molar-refractivity contribution < 1.29 is 32.0 Å². The molecule has 3 aromatic rings. The van der Waals surface area contributed by atoms with Crippen LogP contribution < -0.4 is 10.1 Å². The molecular formula is C22H22N2O7S. The van der Waals surface area contributed by atoms with Gasteiger partial charge in [-0.2, -0.15) is 0 Å². The number of hydrogen-bond donors (Lipinski definition) is 1. The number of rotatable bonds is 8. The molecule has 0 atom stereocenters. The van der Waals surface area contributed by atoms with Crippen LogP contribution in [0.15, 0.2) is 57.9 Å². The van der Waals surface area contributed by atoms with E-state index in [-0.39, 0.29) is 17.1 Å². The maximum absolute atomic E-state index is 12.2. The molecule has 3 rings (SSSR count). The Hall–Kier alpha value is -3.66. The van der Waals surface area contributed by atoms with Crippen LogP contribution in [0.1, 0.15) is 27.4 Å². The highest BCUT2D eigenvalue weighted by Gasteiger charge is 2.13. The van der Waals surface area contributed by atoms with E-state index in [2.05, 4.69) is 10.5 Å². The van der Waals surface area contributed by atoms with Gasteiger partial charge in [0, 0.05) is 11.9 Å². The fourth-order valence-electron chi connectivity index (χ4n) is 2.75. The quantitative estimate of drug-likeness (QED) is 0.511. The standard InChI is InChI=1S/C22H22N2O7S/c1-14-20(15(2)31-24-14)12-29-18-8-4-16(5-9-18)22(26)30-13-21(25)23-17-6-10-19(11-7-17)32(3,27)28/h4-11H,12-13H2,1-3H3,(H,23,25). The van der Waals surface area contributed by atoms with Gasteiger partial charge in [-0.25, -0.2) is 13.2 Å². The summed E-state index contributed by atoms with van der Waals surface area (Å²) >= 11 is 0. The summed E-state index contributed by atoms with van der Waals surface area (Å²) in [5, 5.41) is 6.40. The Morgan fingerprint density at radius 1 is 1.03 bits per heavy atom. The summed E-state index contributed by atoms with van der Waals surface area (Å²) in [4.78, 5) is 24.3. The number of ether oxygens (including phenoxy) is 2. The van der Waals surface area contributed by atoms with Gasteiger partial charge in [0.1, 0.15) is 18.1 Å². The molecule has 1 heterocycles. The van der Waals surface area contributed by atoms with Gasteiger partial charge in [0.15, 0.2) is 16.4 Å². The van der Waals surface area contributed by atoms with Crippen LogP contribution in [-0.2, 0) is 26.0 Å². The lowest BCUT2D eigenvalue weighted by atomic mass is 10.2. The summed E-state index contributed by atoms with van der Waals surface area (Å²) in [7, 11) is -3.32. The lowest BCUT2D eigenvalue weighted by molar-refractivity contribution is -0.119. The lowest BCUT2D eigenvalue weighted by Gasteiger charge is -2.08. The van der Waals surface area contributed by atoms with Gasteiger partial charge in [-0.3, -0.25) is 4.79 Å². The van der Waals surface area contributed by atoms with Crippen LogP contribution in [0.5, 0.6) is 5.75 Å². The largest absolute Gasteiger partial charge is 0.489 e. The fraction of sp³-hybridized carbons (Fsp3) is 0.227. The van der Waals surface area contributed by atoms with Crippen LogP contribution in [-0.4, -0.2) is 38.3 Å². The zero-order chi connectivity index (χ0) is 23.3. The first-order valence-corrected chi connectivity index (χ1v) is 11.4. The number of carbonyl (C=O) groups is 2. The first-order chi connectivity index (χ1) is 15.1. The van der Waals surface area contributed by atoms with E-state index in [9.17, 15) is 18.0 Å². The van der Waals surface area contributed by atoms with Gasteiger partial charge in [0.25, 0.3) is 5.91 Å². The van der Waals surface area contributed by atoms with E-state index >= 15 is 0 Å². The lowest BCUT2D eigenvalue weighted by Crippen LogP contribution is -2.20. The van der Waals surface area contributed by atoms with Crippen molar-refractivity contribution >= 4 is 27.4 Å². The highest BCUT2D eigenvalue weighted by molar-refractivity contribution is 7.90. The normalized spacial score (nSPS) is 11.1. The monoisotopic (exact) mass is 458 g/mol. The second kappa shape index (κ2) is 9.65. The number of benzene rings is 2. The van der Waals surface area contributed by atoms with E-state index in [1.807, 2.05) is 6.92 Å². The average Bonchev–Trinajstić information content (AvgIpc) is 3.08. The first kappa shape index (κ1) is 23.0. The maximum atomic E-state index is 12.2. The minimum absolute atomic E-state index is 0.140. The van der Waals surface area contributed by atoms with Gasteiger partial charge in [-0.05, 0) is 62.4 Å². The molecule has 168 valence electrons. The van der Waals surface area contributed by atoms with Crippen molar-refractivity contribution in [1.82, 2.24) is 5.16 Å². The molecule has 0 aliphatic rings. The Kier molecular flexibility index (Phi) is 6.94.